The Hall–Kier alpha value is -2.74. The number of ether oxygens (including phenoxy) is 2. The van der Waals surface area contributed by atoms with Gasteiger partial charge in [0.15, 0.2) is 18.1 Å². The highest BCUT2D eigenvalue weighted by molar-refractivity contribution is 7.99. The van der Waals surface area contributed by atoms with E-state index in [0.29, 0.717) is 23.7 Å². The van der Waals surface area contributed by atoms with Crippen LogP contribution in [0.25, 0.3) is 0 Å². The molecule has 0 aromatic heterocycles. The van der Waals surface area contributed by atoms with Crippen LogP contribution < -0.4 is 14.8 Å². The molecule has 4 rings (SSSR count). The first-order valence-electron chi connectivity index (χ1n) is 11.5. The van der Waals surface area contributed by atoms with E-state index in [0.717, 1.165) is 55.0 Å². The second kappa shape index (κ2) is 10.9. The van der Waals surface area contributed by atoms with Gasteiger partial charge in [-0.25, -0.2) is 4.39 Å². The highest BCUT2D eigenvalue weighted by Crippen LogP contribution is 2.37. The summed E-state index contributed by atoms with van der Waals surface area (Å²) in [7, 11) is 0. The van der Waals surface area contributed by atoms with E-state index in [4.69, 9.17) is 9.47 Å². The Balaban J connectivity index is 1.44. The summed E-state index contributed by atoms with van der Waals surface area (Å²) >= 11 is 1.67. The average Bonchev–Trinajstić information content (AvgIpc) is 2.84. The normalized spacial score (nSPS) is 17.8. The summed E-state index contributed by atoms with van der Waals surface area (Å²) in [6, 6.07) is 9.39. The van der Waals surface area contributed by atoms with E-state index in [1.165, 1.54) is 12.1 Å². The molecule has 0 bridgehead atoms. The molecule has 1 fully saturated rings. The van der Waals surface area contributed by atoms with Crippen LogP contribution in [0.3, 0.4) is 0 Å². The molecule has 2 aromatic rings. The van der Waals surface area contributed by atoms with Crippen molar-refractivity contribution >= 4 is 23.6 Å². The standard InChI is InChI=1S/C25H29FN2O4S/c1-2-31-22-14-17(6-8-21(22)32-16-24(29)28-11-4-3-5-12-28)25(30)27-20-10-13-33-23-9-7-18(26)15-19(20)23/h6-9,14-15,20H,2-5,10-13,16H2,1H3,(H,27,30). The summed E-state index contributed by atoms with van der Waals surface area (Å²) in [5.74, 6) is 1.09. The summed E-state index contributed by atoms with van der Waals surface area (Å²) in [4.78, 5) is 28.2. The van der Waals surface area contributed by atoms with Crippen molar-refractivity contribution in [2.45, 2.75) is 43.5 Å². The third-order valence-corrected chi connectivity index (χ3v) is 7.00. The number of likely N-dealkylation sites (tertiary alicyclic amines) is 1. The number of benzene rings is 2. The number of fused-ring (bicyclic) bond motifs is 1. The average molecular weight is 473 g/mol. The van der Waals surface area contributed by atoms with Crippen LogP contribution in [0, 0.1) is 5.82 Å². The molecule has 8 heteroatoms. The highest BCUT2D eigenvalue weighted by atomic mass is 32.2. The Labute approximate surface area is 197 Å². The number of carbonyl (C=O) groups excluding carboxylic acids is 2. The minimum absolute atomic E-state index is 0.0416. The Morgan fingerprint density at radius 3 is 2.70 bits per heavy atom. The number of thioether (sulfide) groups is 1. The zero-order valence-electron chi connectivity index (χ0n) is 18.8. The van der Waals surface area contributed by atoms with Crippen LogP contribution in [-0.4, -0.2) is 48.8 Å². The van der Waals surface area contributed by atoms with Crippen molar-refractivity contribution in [2.24, 2.45) is 0 Å². The number of piperidine rings is 1. The maximum atomic E-state index is 13.8. The molecule has 2 aliphatic heterocycles. The van der Waals surface area contributed by atoms with Crippen LogP contribution in [0.15, 0.2) is 41.3 Å². The lowest BCUT2D eigenvalue weighted by Crippen LogP contribution is -2.38. The van der Waals surface area contributed by atoms with Gasteiger partial charge in [-0.3, -0.25) is 9.59 Å². The zero-order valence-corrected chi connectivity index (χ0v) is 19.6. The first kappa shape index (κ1) is 23.4. The van der Waals surface area contributed by atoms with Crippen molar-refractivity contribution in [1.82, 2.24) is 10.2 Å². The quantitative estimate of drug-likeness (QED) is 0.639. The molecule has 2 aromatic carbocycles. The van der Waals surface area contributed by atoms with Crippen molar-refractivity contribution in [3.05, 3.63) is 53.3 Å². The maximum Gasteiger partial charge on any atom is 0.260 e. The van der Waals surface area contributed by atoms with Crippen molar-refractivity contribution in [3.63, 3.8) is 0 Å². The van der Waals surface area contributed by atoms with Crippen molar-refractivity contribution in [3.8, 4) is 11.5 Å². The third kappa shape index (κ3) is 5.79. The summed E-state index contributed by atoms with van der Waals surface area (Å²) < 4.78 is 25.2. The van der Waals surface area contributed by atoms with Gasteiger partial charge in [-0.15, -0.1) is 11.8 Å². The predicted octanol–water partition coefficient (Wildman–Crippen LogP) is 4.58. The Morgan fingerprint density at radius 2 is 1.91 bits per heavy atom. The molecular formula is C25H29FN2O4S. The van der Waals surface area contributed by atoms with E-state index >= 15 is 0 Å². The Morgan fingerprint density at radius 1 is 1.09 bits per heavy atom. The van der Waals surface area contributed by atoms with E-state index in [9.17, 15) is 14.0 Å². The van der Waals surface area contributed by atoms with E-state index in [1.807, 2.05) is 11.8 Å². The smallest absolute Gasteiger partial charge is 0.260 e. The van der Waals surface area contributed by atoms with E-state index in [2.05, 4.69) is 5.32 Å². The fourth-order valence-corrected chi connectivity index (χ4v) is 5.27. The molecule has 0 saturated carbocycles. The van der Waals surface area contributed by atoms with Gasteiger partial charge in [0.05, 0.1) is 12.6 Å². The number of amides is 2. The second-order valence-corrected chi connectivity index (χ2v) is 9.31. The number of nitrogens with one attached hydrogen (secondary N) is 1. The van der Waals surface area contributed by atoms with Crippen molar-refractivity contribution in [1.29, 1.82) is 0 Å². The van der Waals surface area contributed by atoms with Gasteiger partial charge in [0.1, 0.15) is 5.82 Å². The van der Waals surface area contributed by atoms with Crippen LogP contribution in [-0.2, 0) is 4.79 Å². The molecule has 2 aliphatic rings. The lowest BCUT2D eigenvalue weighted by molar-refractivity contribution is -0.134. The fourth-order valence-electron chi connectivity index (χ4n) is 4.17. The van der Waals surface area contributed by atoms with Gasteiger partial charge in [0.2, 0.25) is 0 Å². The summed E-state index contributed by atoms with van der Waals surface area (Å²) in [5, 5.41) is 3.02. The third-order valence-electron chi connectivity index (χ3n) is 5.88. The predicted molar refractivity (Wildman–Crippen MR) is 125 cm³/mol. The molecule has 1 atom stereocenters. The van der Waals surface area contributed by atoms with Crippen LogP contribution in [0.2, 0.25) is 0 Å². The summed E-state index contributed by atoms with van der Waals surface area (Å²) in [5.41, 5.74) is 1.23. The lowest BCUT2D eigenvalue weighted by atomic mass is 10.0. The van der Waals surface area contributed by atoms with Gasteiger partial charge in [0.25, 0.3) is 11.8 Å². The molecule has 0 aliphatic carbocycles. The largest absolute Gasteiger partial charge is 0.490 e. The minimum Gasteiger partial charge on any atom is -0.490 e. The van der Waals surface area contributed by atoms with E-state index in [1.54, 1.807) is 36.0 Å². The molecule has 0 radical (unpaired) electrons. The molecule has 0 spiro atoms. The number of carbonyl (C=O) groups is 2. The monoisotopic (exact) mass is 472 g/mol. The van der Waals surface area contributed by atoms with E-state index in [-0.39, 0.29) is 30.3 Å². The van der Waals surface area contributed by atoms with Gasteiger partial charge >= 0.3 is 0 Å². The van der Waals surface area contributed by atoms with Gasteiger partial charge in [-0.1, -0.05) is 0 Å². The van der Waals surface area contributed by atoms with Gasteiger partial charge in [-0.2, -0.15) is 0 Å². The number of nitrogens with zero attached hydrogens (tertiary/aromatic N) is 1. The molecule has 33 heavy (non-hydrogen) atoms. The number of hydrogen-bond acceptors (Lipinski definition) is 5. The SMILES string of the molecule is CCOc1cc(C(=O)NC2CCSc3ccc(F)cc32)ccc1OCC(=O)N1CCCCC1. The molecule has 1 saturated heterocycles. The summed E-state index contributed by atoms with van der Waals surface area (Å²) in [6.07, 6.45) is 3.93. The van der Waals surface area contributed by atoms with Crippen LogP contribution in [0.5, 0.6) is 11.5 Å². The molecule has 176 valence electrons. The number of rotatable bonds is 7. The van der Waals surface area contributed by atoms with Gasteiger partial charge < -0.3 is 19.7 Å². The highest BCUT2D eigenvalue weighted by Gasteiger charge is 2.24. The second-order valence-electron chi connectivity index (χ2n) is 8.17. The van der Waals surface area contributed by atoms with Crippen LogP contribution in [0.4, 0.5) is 4.39 Å². The van der Waals surface area contributed by atoms with Crippen molar-refractivity contribution < 1.29 is 23.5 Å². The fraction of sp³-hybridized carbons (Fsp3) is 0.440. The number of hydrogen-bond donors (Lipinski definition) is 1. The lowest BCUT2D eigenvalue weighted by Gasteiger charge is -2.27. The summed E-state index contributed by atoms with van der Waals surface area (Å²) in [6.45, 7) is 3.72. The molecule has 2 amide bonds. The molecule has 1 N–H and O–H groups in total. The van der Waals surface area contributed by atoms with Crippen LogP contribution in [0.1, 0.15) is 54.6 Å². The number of halogens is 1. The van der Waals surface area contributed by atoms with Crippen molar-refractivity contribution in [2.75, 3.05) is 32.1 Å². The first-order chi connectivity index (χ1) is 16.0. The Bertz CT molecular complexity index is 1010. The zero-order chi connectivity index (χ0) is 23.2. The topological polar surface area (TPSA) is 67.9 Å². The van der Waals surface area contributed by atoms with Gasteiger partial charge in [-0.05, 0) is 74.6 Å². The maximum absolute atomic E-state index is 13.8. The van der Waals surface area contributed by atoms with Crippen LogP contribution >= 0.6 is 11.8 Å². The Kier molecular flexibility index (Phi) is 7.75. The first-order valence-corrected chi connectivity index (χ1v) is 12.4. The molecular weight excluding hydrogens is 443 g/mol. The van der Waals surface area contributed by atoms with E-state index < -0.39 is 0 Å². The van der Waals surface area contributed by atoms with Gasteiger partial charge in [0, 0.05) is 29.3 Å². The molecule has 2 heterocycles. The molecule has 1 unspecified atom stereocenters. The molecule has 6 nitrogen and oxygen atoms in total. The minimum atomic E-state index is -0.310.